The summed E-state index contributed by atoms with van der Waals surface area (Å²) in [6, 6.07) is 5.64. The summed E-state index contributed by atoms with van der Waals surface area (Å²) < 4.78 is 5.45. The summed E-state index contributed by atoms with van der Waals surface area (Å²) in [6.45, 7) is 2.27. The molecule has 2 unspecified atom stereocenters. The predicted octanol–water partition coefficient (Wildman–Crippen LogP) is 2.65. The van der Waals surface area contributed by atoms with Crippen molar-refractivity contribution in [1.29, 1.82) is 0 Å². The average Bonchev–Trinajstić information content (AvgIpc) is 2.69. The van der Waals surface area contributed by atoms with Crippen LogP contribution in [0.4, 0.5) is 0 Å². The van der Waals surface area contributed by atoms with Gasteiger partial charge in [-0.1, -0.05) is 23.2 Å². The third-order valence-corrected chi connectivity index (χ3v) is 4.60. The molecule has 0 spiro atoms. The minimum absolute atomic E-state index is 0.469. The fraction of sp³-hybridized carbons (Fsp3) is 0.571. The predicted molar refractivity (Wildman–Crippen MR) is 75.6 cm³/mol. The van der Waals surface area contributed by atoms with Gasteiger partial charge in [0.25, 0.3) is 0 Å². The molecule has 1 aromatic rings. The van der Waals surface area contributed by atoms with Crippen molar-refractivity contribution in [2.75, 3.05) is 19.8 Å². The van der Waals surface area contributed by atoms with Crippen LogP contribution < -0.4 is 5.32 Å². The van der Waals surface area contributed by atoms with Crippen LogP contribution in [-0.4, -0.2) is 30.9 Å². The number of hydrogen-bond acceptors (Lipinski definition) is 3. The van der Waals surface area contributed by atoms with Crippen molar-refractivity contribution >= 4 is 23.2 Å². The highest BCUT2D eigenvalue weighted by Gasteiger charge is 2.44. The molecule has 1 saturated heterocycles. The highest BCUT2D eigenvalue weighted by Crippen LogP contribution is 2.39. The lowest BCUT2D eigenvalue weighted by Gasteiger charge is -2.39. The van der Waals surface area contributed by atoms with Crippen LogP contribution in [0.2, 0.25) is 10.0 Å². The first kappa shape index (κ1) is 13.7. The Morgan fingerprint density at radius 2 is 2.00 bits per heavy atom. The van der Waals surface area contributed by atoms with Gasteiger partial charge in [-0.2, -0.15) is 0 Å². The summed E-state index contributed by atoms with van der Waals surface area (Å²) in [5.41, 5.74) is 0.753. The number of nitrogens with one attached hydrogen (secondary N) is 1. The van der Waals surface area contributed by atoms with Gasteiger partial charge >= 0.3 is 0 Å². The van der Waals surface area contributed by atoms with Crippen molar-refractivity contribution in [2.45, 2.75) is 18.6 Å². The fourth-order valence-electron chi connectivity index (χ4n) is 2.99. The smallest absolute Gasteiger partial charge is 0.0915 e. The lowest BCUT2D eigenvalue weighted by atomic mass is 9.71. The first-order valence-corrected chi connectivity index (χ1v) is 7.34. The quantitative estimate of drug-likeness (QED) is 0.898. The molecule has 0 amide bonds. The average molecular weight is 302 g/mol. The number of ether oxygens (including phenoxy) is 1. The van der Waals surface area contributed by atoms with Crippen molar-refractivity contribution in [3.63, 3.8) is 0 Å². The zero-order chi connectivity index (χ0) is 13.4. The highest BCUT2D eigenvalue weighted by molar-refractivity contribution is 6.34. The van der Waals surface area contributed by atoms with E-state index in [0.29, 0.717) is 28.5 Å². The highest BCUT2D eigenvalue weighted by atomic mass is 35.5. The van der Waals surface area contributed by atoms with E-state index in [0.717, 1.165) is 31.1 Å². The zero-order valence-electron chi connectivity index (χ0n) is 10.5. The van der Waals surface area contributed by atoms with E-state index < -0.39 is 6.10 Å². The molecule has 104 valence electrons. The maximum atomic E-state index is 10.2. The van der Waals surface area contributed by atoms with Crippen molar-refractivity contribution in [3.8, 4) is 0 Å². The number of benzene rings is 1. The van der Waals surface area contributed by atoms with Gasteiger partial charge in [-0.25, -0.2) is 0 Å². The van der Waals surface area contributed by atoms with Crippen molar-refractivity contribution in [1.82, 2.24) is 5.32 Å². The first-order valence-electron chi connectivity index (χ1n) is 6.58. The Labute approximate surface area is 122 Å². The zero-order valence-corrected chi connectivity index (χ0v) is 12.0. The molecule has 0 aromatic heterocycles. The van der Waals surface area contributed by atoms with Gasteiger partial charge < -0.3 is 15.2 Å². The molecule has 3 nitrogen and oxygen atoms in total. The Bertz CT molecular complexity index is 449. The van der Waals surface area contributed by atoms with Gasteiger partial charge in [-0.05, 0) is 36.1 Å². The summed E-state index contributed by atoms with van der Waals surface area (Å²) in [6.07, 6.45) is 0.561. The van der Waals surface area contributed by atoms with E-state index in [1.54, 1.807) is 18.2 Å². The third-order valence-electron chi connectivity index (χ3n) is 4.16. The van der Waals surface area contributed by atoms with Gasteiger partial charge in [0.1, 0.15) is 0 Å². The second kappa shape index (κ2) is 5.58. The van der Waals surface area contributed by atoms with E-state index in [9.17, 15) is 5.11 Å². The Kier molecular flexibility index (Phi) is 4.01. The summed E-state index contributed by atoms with van der Waals surface area (Å²) in [4.78, 5) is 0. The van der Waals surface area contributed by atoms with E-state index in [2.05, 4.69) is 5.32 Å². The Morgan fingerprint density at radius 1 is 1.26 bits per heavy atom. The molecule has 3 rings (SSSR count). The van der Waals surface area contributed by atoms with E-state index in [1.807, 2.05) is 0 Å². The summed E-state index contributed by atoms with van der Waals surface area (Å²) >= 11 is 11.9. The number of aliphatic hydroxyl groups excluding tert-OH is 1. The normalized spacial score (nSPS) is 30.8. The van der Waals surface area contributed by atoms with E-state index >= 15 is 0 Å². The van der Waals surface area contributed by atoms with Gasteiger partial charge in [0.15, 0.2) is 0 Å². The summed E-state index contributed by atoms with van der Waals surface area (Å²) in [7, 11) is 0. The van der Waals surface area contributed by atoms with Gasteiger partial charge in [0.05, 0.1) is 12.7 Å². The van der Waals surface area contributed by atoms with E-state index in [1.165, 1.54) is 0 Å². The fourth-order valence-corrected chi connectivity index (χ4v) is 3.53. The van der Waals surface area contributed by atoms with E-state index in [-0.39, 0.29) is 0 Å². The molecule has 0 radical (unpaired) electrons. The van der Waals surface area contributed by atoms with Crippen molar-refractivity contribution in [3.05, 3.63) is 33.8 Å². The van der Waals surface area contributed by atoms with Crippen LogP contribution >= 0.6 is 23.2 Å². The molecular weight excluding hydrogens is 285 g/mol. The lowest BCUT2D eigenvalue weighted by molar-refractivity contribution is 0.117. The van der Waals surface area contributed by atoms with Gasteiger partial charge in [0.2, 0.25) is 0 Å². The maximum absolute atomic E-state index is 10.2. The van der Waals surface area contributed by atoms with Crippen LogP contribution in [0.15, 0.2) is 18.2 Å². The standard InChI is InChI=1S/C14H17Cl2NO2/c15-10-1-8(2-11(16)4-10)14(18)5-17-13-3-9-6-19-7-12(9)13/h1-2,4,9,12-14,17-18H,3,5-7H2/t9-,12+,13?,14?/m1/s1. The van der Waals surface area contributed by atoms with Gasteiger partial charge in [-0.15, -0.1) is 0 Å². The second-order valence-electron chi connectivity index (χ2n) is 5.43. The molecule has 1 saturated carbocycles. The molecule has 0 bridgehead atoms. The number of hydrogen-bond donors (Lipinski definition) is 2. The molecule has 1 aliphatic carbocycles. The largest absolute Gasteiger partial charge is 0.387 e. The summed E-state index contributed by atoms with van der Waals surface area (Å²) in [5.74, 6) is 1.34. The lowest BCUT2D eigenvalue weighted by Crippen LogP contribution is -2.50. The van der Waals surface area contributed by atoms with Gasteiger partial charge in [-0.3, -0.25) is 0 Å². The number of rotatable bonds is 4. The van der Waals surface area contributed by atoms with Crippen LogP contribution in [-0.2, 0) is 4.74 Å². The Hall–Kier alpha value is -0.320. The topological polar surface area (TPSA) is 41.5 Å². The first-order chi connectivity index (χ1) is 9.13. The Balaban J connectivity index is 1.55. The molecule has 1 heterocycles. The molecule has 4 atom stereocenters. The van der Waals surface area contributed by atoms with Crippen LogP contribution in [0.1, 0.15) is 18.1 Å². The molecule has 2 aliphatic rings. The number of fused-ring (bicyclic) bond motifs is 1. The monoisotopic (exact) mass is 301 g/mol. The molecule has 1 aliphatic heterocycles. The molecular formula is C14H17Cl2NO2. The van der Waals surface area contributed by atoms with Crippen LogP contribution in [0.3, 0.4) is 0 Å². The van der Waals surface area contributed by atoms with Crippen LogP contribution in [0, 0.1) is 11.8 Å². The third kappa shape index (κ3) is 2.91. The molecule has 2 N–H and O–H groups in total. The van der Waals surface area contributed by atoms with Gasteiger partial charge in [0, 0.05) is 35.2 Å². The van der Waals surface area contributed by atoms with E-state index in [4.69, 9.17) is 27.9 Å². The van der Waals surface area contributed by atoms with Crippen molar-refractivity contribution < 1.29 is 9.84 Å². The summed E-state index contributed by atoms with van der Waals surface area (Å²) in [5, 5.41) is 14.7. The van der Waals surface area contributed by atoms with Crippen LogP contribution in [0.5, 0.6) is 0 Å². The SMILES string of the molecule is OC(CNC1C[C@@H]2COC[C@H]12)c1cc(Cl)cc(Cl)c1. The number of halogens is 2. The maximum Gasteiger partial charge on any atom is 0.0915 e. The number of aliphatic hydroxyl groups is 1. The molecule has 1 aromatic carbocycles. The van der Waals surface area contributed by atoms with Crippen LogP contribution in [0.25, 0.3) is 0 Å². The van der Waals surface area contributed by atoms with Crippen molar-refractivity contribution in [2.24, 2.45) is 11.8 Å². The minimum Gasteiger partial charge on any atom is -0.387 e. The second-order valence-corrected chi connectivity index (χ2v) is 6.30. The molecule has 5 heteroatoms. The Morgan fingerprint density at radius 3 is 2.68 bits per heavy atom. The molecule has 19 heavy (non-hydrogen) atoms. The minimum atomic E-state index is -0.586. The molecule has 2 fully saturated rings.